The summed E-state index contributed by atoms with van der Waals surface area (Å²) in [5.41, 5.74) is 0. The Balaban J connectivity index is 2.63. The van der Waals surface area contributed by atoms with Crippen molar-refractivity contribution in [2.75, 3.05) is 13.7 Å². The number of rotatable bonds is 3. The normalized spacial score (nSPS) is 23.3. The molecule has 0 aromatic carbocycles. The lowest BCUT2D eigenvalue weighted by Gasteiger charge is -2.17. The molecule has 1 atom stereocenters. The van der Waals surface area contributed by atoms with Gasteiger partial charge in [0.15, 0.2) is 11.6 Å². The van der Waals surface area contributed by atoms with E-state index >= 15 is 0 Å². The summed E-state index contributed by atoms with van der Waals surface area (Å²) in [5, 5.41) is 0. The number of Topliss-reactive ketones (excluding diaryl/α,β-unsaturated/α-hetero) is 3. The quantitative estimate of drug-likeness (QED) is 0.462. The Hall–Kier alpha value is -1.03. The van der Waals surface area contributed by atoms with Gasteiger partial charge in [0, 0.05) is 13.5 Å². The molecule has 0 amide bonds. The first kappa shape index (κ1) is 10.1. The molecule has 0 bridgehead atoms. The Labute approximate surface area is 76.3 Å². The molecular formula is C9H12O4. The van der Waals surface area contributed by atoms with Crippen molar-refractivity contribution in [1.29, 1.82) is 0 Å². The van der Waals surface area contributed by atoms with Crippen LogP contribution in [0.1, 0.15) is 19.3 Å². The number of hydrogen-bond donors (Lipinski definition) is 0. The second-order valence-electron chi connectivity index (χ2n) is 3.13. The average Bonchev–Trinajstić information content (AvgIpc) is 2.10. The molecule has 1 aliphatic carbocycles. The molecular weight excluding hydrogens is 172 g/mol. The predicted octanol–water partition coefficient (Wildman–Crippen LogP) is 0.140. The van der Waals surface area contributed by atoms with E-state index in [1.54, 1.807) is 0 Å². The van der Waals surface area contributed by atoms with Crippen LogP contribution in [0.4, 0.5) is 0 Å². The van der Waals surface area contributed by atoms with E-state index < -0.39 is 17.5 Å². The molecule has 1 unspecified atom stereocenters. The van der Waals surface area contributed by atoms with Gasteiger partial charge in [-0.2, -0.15) is 0 Å². The monoisotopic (exact) mass is 184 g/mol. The summed E-state index contributed by atoms with van der Waals surface area (Å²) in [4.78, 5) is 33.4. The average molecular weight is 184 g/mol. The summed E-state index contributed by atoms with van der Waals surface area (Å²) in [6.45, 7) is -0.0797. The minimum atomic E-state index is -0.735. The van der Waals surface area contributed by atoms with E-state index in [4.69, 9.17) is 0 Å². The van der Waals surface area contributed by atoms with Gasteiger partial charge < -0.3 is 4.74 Å². The Bertz CT molecular complexity index is 244. The van der Waals surface area contributed by atoms with E-state index in [0.717, 1.165) is 0 Å². The molecule has 1 saturated carbocycles. The molecule has 0 saturated heterocycles. The van der Waals surface area contributed by atoms with E-state index in [2.05, 4.69) is 4.74 Å². The molecule has 0 aromatic heterocycles. The first-order valence-electron chi connectivity index (χ1n) is 4.25. The molecule has 1 fully saturated rings. The van der Waals surface area contributed by atoms with Crippen molar-refractivity contribution in [3.63, 3.8) is 0 Å². The molecule has 4 heteroatoms. The summed E-state index contributed by atoms with van der Waals surface area (Å²) < 4.78 is 4.63. The SMILES string of the molecule is COCC(=O)C1CCCC(=O)C1=O. The number of carbonyl (C=O) groups excluding carboxylic acids is 3. The molecule has 1 aliphatic rings. The molecule has 0 spiro atoms. The Morgan fingerprint density at radius 3 is 2.85 bits per heavy atom. The van der Waals surface area contributed by atoms with Crippen molar-refractivity contribution in [2.45, 2.75) is 19.3 Å². The van der Waals surface area contributed by atoms with Gasteiger partial charge in [0.05, 0.1) is 5.92 Å². The van der Waals surface area contributed by atoms with Gasteiger partial charge in [-0.15, -0.1) is 0 Å². The van der Waals surface area contributed by atoms with Gasteiger partial charge in [-0.1, -0.05) is 0 Å². The first-order chi connectivity index (χ1) is 6.16. The minimum Gasteiger partial charge on any atom is -0.377 e. The van der Waals surface area contributed by atoms with Crippen molar-refractivity contribution in [3.05, 3.63) is 0 Å². The highest BCUT2D eigenvalue weighted by atomic mass is 16.5. The maximum Gasteiger partial charge on any atom is 0.208 e. The van der Waals surface area contributed by atoms with Gasteiger partial charge >= 0.3 is 0 Å². The largest absolute Gasteiger partial charge is 0.377 e. The highest BCUT2D eigenvalue weighted by Gasteiger charge is 2.33. The minimum absolute atomic E-state index is 0.0797. The van der Waals surface area contributed by atoms with Gasteiger partial charge in [-0.25, -0.2) is 0 Å². The molecule has 0 heterocycles. The molecule has 1 rings (SSSR count). The smallest absolute Gasteiger partial charge is 0.208 e. The van der Waals surface area contributed by atoms with Crippen LogP contribution < -0.4 is 0 Å². The number of methoxy groups -OCH3 is 1. The lowest BCUT2D eigenvalue weighted by atomic mass is 9.84. The lowest BCUT2D eigenvalue weighted by Crippen LogP contribution is -2.35. The summed E-state index contributed by atoms with van der Waals surface area (Å²) in [6, 6.07) is 0. The lowest BCUT2D eigenvalue weighted by molar-refractivity contribution is -0.145. The zero-order valence-electron chi connectivity index (χ0n) is 7.54. The van der Waals surface area contributed by atoms with Crippen molar-refractivity contribution in [2.24, 2.45) is 5.92 Å². The van der Waals surface area contributed by atoms with Gasteiger partial charge in [-0.3, -0.25) is 14.4 Å². The van der Waals surface area contributed by atoms with E-state index in [9.17, 15) is 14.4 Å². The van der Waals surface area contributed by atoms with Crippen molar-refractivity contribution in [1.82, 2.24) is 0 Å². The Morgan fingerprint density at radius 1 is 1.54 bits per heavy atom. The highest BCUT2D eigenvalue weighted by molar-refractivity contribution is 6.42. The predicted molar refractivity (Wildman–Crippen MR) is 44.2 cm³/mol. The third kappa shape index (κ3) is 2.21. The molecule has 0 aliphatic heterocycles. The molecule has 72 valence electrons. The fraction of sp³-hybridized carbons (Fsp3) is 0.667. The number of ether oxygens (including phenoxy) is 1. The van der Waals surface area contributed by atoms with Crippen LogP contribution in [0.3, 0.4) is 0 Å². The molecule has 0 N–H and O–H groups in total. The molecule has 0 radical (unpaired) electrons. The molecule has 13 heavy (non-hydrogen) atoms. The van der Waals surface area contributed by atoms with Gasteiger partial charge in [0.25, 0.3) is 0 Å². The van der Waals surface area contributed by atoms with Crippen LogP contribution in [0, 0.1) is 5.92 Å². The number of hydrogen-bond acceptors (Lipinski definition) is 4. The topological polar surface area (TPSA) is 60.4 Å². The van der Waals surface area contributed by atoms with Crippen molar-refractivity contribution >= 4 is 17.3 Å². The van der Waals surface area contributed by atoms with Crippen LogP contribution in [-0.4, -0.2) is 31.1 Å². The summed E-state index contributed by atoms with van der Waals surface area (Å²) >= 11 is 0. The molecule has 4 nitrogen and oxygen atoms in total. The van der Waals surface area contributed by atoms with Crippen molar-refractivity contribution in [3.8, 4) is 0 Å². The van der Waals surface area contributed by atoms with E-state index in [1.807, 2.05) is 0 Å². The third-order valence-corrected chi connectivity index (χ3v) is 2.16. The fourth-order valence-electron chi connectivity index (χ4n) is 1.47. The van der Waals surface area contributed by atoms with E-state index in [1.165, 1.54) is 7.11 Å². The van der Waals surface area contributed by atoms with E-state index in [0.29, 0.717) is 12.8 Å². The second kappa shape index (κ2) is 4.28. The highest BCUT2D eigenvalue weighted by Crippen LogP contribution is 2.19. The fourth-order valence-corrected chi connectivity index (χ4v) is 1.47. The summed E-state index contributed by atoms with van der Waals surface area (Å²) in [5.74, 6) is -1.96. The van der Waals surface area contributed by atoms with Crippen LogP contribution in [0.25, 0.3) is 0 Å². The first-order valence-corrected chi connectivity index (χ1v) is 4.25. The number of ketones is 3. The standard InChI is InChI=1S/C9H12O4/c1-13-5-8(11)6-3-2-4-7(10)9(6)12/h6H,2-5H2,1H3. The van der Waals surface area contributed by atoms with E-state index in [-0.39, 0.29) is 18.8 Å². The van der Waals surface area contributed by atoms with Crippen LogP contribution in [0.2, 0.25) is 0 Å². The van der Waals surface area contributed by atoms with Crippen molar-refractivity contribution < 1.29 is 19.1 Å². The summed E-state index contributed by atoms with van der Waals surface area (Å²) in [7, 11) is 1.40. The van der Waals surface area contributed by atoms with Gasteiger partial charge in [0.2, 0.25) is 5.78 Å². The molecule has 0 aromatic rings. The van der Waals surface area contributed by atoms with Crippen LogP contribution in [-0.2, 0) is 19.1 Å². The van der Waals surface area contributed by atoms with Crippen LogP contribution in [0.5, 0.6) is 0 Å². The maximum absolute atomic E-state index is 11.3. The van der Waals surface area contributed by atoms with Crippen LogP contribution >= 0.6 is 0 Å². The Morgan fingerprint density at radius 2 is 2.23 bits per heavy atom. The number of carbonyl (C=O) groups is 3. The maximum atomic E-state index is 11.3. The zero-order valence-corrected chi connectivity index (χ0v) is 7.54. The van der Waals surface area contributed by atoms with Crippen LogP contribution in [0.15, 0.2) is 0 Å². The zero-order chi connectivity index (χ0) is 9.84. The third-order valence-electron chi connectivity index (χ3n) is 2.16. The summed E-state index contributed by atoms with van der Waals surface area (Å²) in [6.07, 6.45) is 1.41. The Kier molecular flexibility index (Phi) is 3.31. The second-order valence-corrected chi connectivity index (χ2v) is 3.13. The van der Waals surface area contributed by atoms with Gasteiger partial charge in [0.1, 0.15) is 6.61 Å². The van der Waals surface area contributed by atoms with Gasteiger partial charge in [-0.05, 0) is 12.8 Å².